The minimum absolute atomic E-state index is 0.144. The third-order valence-corrected chi connectivity index (χ3v) is 2.20. The van der Waals surface area contributed by atoms with E-state index in [1.807, 2.05) is 26.4 Å². The molecule has 5 heteroatoms. The summed E-state index contributed by atoms with van der Waals surface area (Å²) in [6, 6.07) is 0. The van der Waals surface area contributed by atoms with Crippen LogP contribution in [0.25, 0.3) is 0 Å². The lowest BCUT2D eigenvalue weighted by Crippen LogP contribution is -2.23. The number of rotatable bonds is 6. The Bertz CT molecular complexity index is 134. The van der Waals surface area contributed by atoms with Gasteiger partial charge in [0, 0.05) is 0 Å². The maximum atomic E-state index is 9.39. The highest BCUT2D eigenvalue weighted by Gasteiger charge is 2.11. The Morgan fingerprint density at radius 3 is 2.23 bits per heavy atom. The molecule has 0 saturated carbocycles. The van der Waals surface area contributed by atoms with Crippen LogP contribution in [0.2, 0.25) is 0 Å². The Kier molecular flexibility index (Phi) is 6.41. The molecule has 0 saturated heterocycles. The zero-order valence-electron chi connectivity index (χ0n) is 8.69. The van der Waals surface area contributed by atoms with Crippen molar-refractivity contribution in [2.24, 2.45) is 0 Å². The van der Waals surface area contributed by atoms with Crippen LogP contribution < -0.4 is 0 Å². The van der Waals surface area contributed by atoms with Crippen LogP contribution in [0, 0.1) is 0 Å². The van der Waals surface area contributed by atoms with Crippen LogP contribution in [0.15, 0.2) is 0 Å². The molecule has 0 bridgehead atoms. The van der Waals surface area contributed by atoms with Gasteiger partial charge in [-0.15, -0.1) is 11.7 Å². The van der Waals surface area contributed by atoms with Gasteiger partial charge in [-0.3, -0.25) is 0 Å². The third-order valence-electron chi connectivity index (χ3n) is 1.17. The van der Waals surface area contributed by atoms with Gasteiger partial charge in [-0.2, -0.15) is 0 Å². The molecule has 1 atom stereocenters. The number of aliphatic hydroxyl groups is 1. The van der Waals surface area contributed by atoms with Gasteiger partial charge in [0.1, 0.15) is 6.10 Å². The summed E-state index contributed by atoms with van der Waals surface area (Å²) in [5, 5.41) is 9.39. The molecule has 1 N–H and O–H groups in total. The van der Waals surface area contributed by atoms with Gasteiger partial charge in [0.05, 0.1) is 19.3 Å². The minimum atomic E-state index is -1.28. The van der Waals surface area contributed by atoms with E-state index in [1.165, 1.54) is 0 Å². The van der Waals surface area contributed by atoms with Gasteiger partial charge in [0.2, 0.25) is 0 Å². The fourth-order valence-corrected chi connectivity index (χ4v) is 1.27. The molecule has 0 fully saturated rings. The van der Waals surface area contributed by atoms with Crippen molar-refractivity contribution in [3.05, 3.63) is 0 Å². The molecule has 0 aromatic heterocycles. The van der Waals surface area contributed by atoms with Gasteiger partial charge in [0.25, 0.3) is 0 Å². The molecule has 82 valence electrons. The van der Waals surface area contributed by atoms with Crippen LogP contribution >= 0.6 is 21.0 Å². The summed E-state index contributed by atoms with van der Waals surface area (Å²) in [6.07, 6.45) is 3.41. The maximum absolute atomic E-state index is 9.39. The highest BCUT2D eigenvalue weighted by Crippen LogP contribution is 2.45. The van der Waals surface area contributed by atoms with Crippen LogP contribution in [-0.4, -0.2) is 43.0 Å². The van der Waals surface area contributed by atoms with E-state index in [9.17, 15) is 5.11 Å². The first kappa shape index (κ1) is 13.6. The lowest BCUT2D eigenvalue weighted by molar-refractivity contribution is -0.00982. The highest BCUT2D eigenvalue weighted by molar-refractivity contribution is 8.85. The predicted molar refractivity (Wildman–Crippen MR) is 61.5 cm³/mol. The van der Waals surface area contributed by atoms with E-state index in [0.717, 1.165) is 0 Å². The van der Waals surface area contributed by atoms with Gasteiger partial charge in [-0.25, -0.2) is 0 Å². The number of ether oxygens (including phenoxy) is 1. The number of hydrogen-bond acceptors (Lipinski definition) is 4. The molecule has 0 spiro atoms. The van der Waals surface area contributed by atoms with Crippen LogP contribution in [0.5, 0.6) is 0 Å². The molecular weight excluding hydrogens is 208 g/mol. The molecule has 0 aromatic carbocycles. The largest absolute Gasteiger partial charge is 0.388 e. The minimum Gasteiger partial charge on any atom is -0.388 e. The van der Waals surface area contributed by atoms with Crippen molar-refractivity contribution in [3.63, 3.8) is 0 Å². The zero-order chi connectivity index (χ0) is 10.5. The number of thiol groups is 1. The van der Waals surface area contributed by atoms with Crippen LogP contribution in [0.1, 0.15) is 13.8 Å². The van der Waals surface area contributed by atoms with E-state index in [0.29, 0.717) is 13.2 Å². The van der Waals surface area contributed by atoms with Crippen LogP contribution in [0.3, 0.4) is 0 Å². The molecule has 13 heavy (non-hydrogen) atoms. The molecule has 0 radical (unpaired) electrons. The molecule has 0 aromatic rings. The van der Waals surface area contributed by atoms with Crippen molar-refractivity contribution < 1.29 is 14.0 Å². The first-order valence-corrected chi connectivity index (χ1v) is 7.64. The third kappa shape index (κ3) is 10.5. The molecule has 0 aliphatic rings. The number of hydrogen-bond donors (Lipinski definition) is 2. The lowest BCUT2D eigenvalue weighted by Gasteiger charge is -2.25. The van der Waals surface area contributed by atoms with Crippen molar-refractivity contribution in [2.75, 3.05) is 25.7 Å². The van der Waals surface area contributed by atoms with Crippen molar-refractivity contribution in [1.29, 1.82) is 0 Å². The van der Waals surface area contributed by atoms with Crippen molar-refractivity contribution in [3.8, 4) is 0 Å². The summed E-state index contributed by atoms with van der Waals surface area (Å²) >= 11 is 4.25. The molecule has 0 aliphatic carbocycles. The fourth-order valence-electron chi connectivity index (χ4n) is 0.597. The van der Waals surface area contributed by atoms with Gasteiger partial charge >= 0.3 is 0 Å². The van der Waals surface area contributed by atoms with E-state index in [2.05, 4.69) is 11.7 Å². The number of aliphatic hydroxyl groups excluding tert-OH is 1. The Morgan fingerprint density at radius 2 is 1.85 bits per heavy atom. The Balaban J connectivity index is 3.46. The predicted octanol–water partition coefficient (Wildman–Crippen LogP) is 1.61. The Morgan fingerprint density at radius 1 is 1.31 bits per heavy atom. The van der Waals surface area contributed by atoms with Crippen molar-refractivity contribution in [1.82, 2.24) is 0 Å². The van der Waals surface area contributed by atoms with E-state index < -0.39 is 15.4 Å². The van der Waals surface area contributed by atoms with E-state index in [-0.39, 0.29) is 6.10 Å². The fraction of sp³-hybridized carbons (Fsp3) is 1.00. The summed E-state index contributed by atoms with van der Waals surface area (Å²) in [5.41, 5.74) is 0. The zero-order valence-corrected chi connectivity index (χ0v) is 10.4. The summed E-state index contributed by atoms with van der Waals surface area (Å²) in [6.45, 7) is 4.47. The average molecular weight is 228 g/mol. The molecule has 0 rings (SSSR count). The summed E-state index contributed by atoms with van der Waals surface area (Å²) < 4.78 is 10.6. The Labute approximate surface area is 87.1 Å². The van der Waals surface area contributed by atoms with Crippen LogP contribution in [0.4, 0.5) is 0 Å². The van der Waals surface area contributed by atoms with E-state index in [1.54, 1.807) is 0 Å². The Hall–Kier alpha value is 0.580. The first-order valence-electron chi connectivity index (χ1n) is 4.21. The smallest absolute Gasteiger partial charge is 0.102 e. The highest BCUT2D eigenvalue weighted by atomic mass is 33.1. The second kappa shape index (κ2) is 6.14. The molecule has 1 unspecified atom stereocenters. The SMILES string of the molecule is CC(C)OCC(O)COS(C)(C)S. The first-order chi connectivity index (χ1) is 5.81. The topological polar surface area (TPSA) is 38.7 Å². The summed E-state index contributed by atoms with van der Waals surface area (Å²) in [4.78, 5) is 0. The summed E-state index contributed by atoms with van der Waals surface area (Å²) in [7, 11) is -1.28. The molecule has 0 heterocycles. The average Bonchev–Trinajstić information content (AvgIpc) is 1.95. The van der Waals surface area contributed by atoms with Gasteiger partial charge in [-0.05, 0) is 26.4 Å². The second-order valence-corrected chi connectivity index (χ2v) is 8.74. The van der Waals surface area contributed by atoms with E-state index in [4.69, 9.17) is 8.92 Å². The monoisotopic (exact) mass is 228 g/mol. The van der Waals surface area contributed by atoms with Crippen molar-refractivity contribution in [2.45, 2.75) is 26.1 Å². The van der Waals surface area contributed by atoms with Crippen LogP contribution in [-0.2, 0) is 8.92 Å². The van der Waals surface area contributed by atoms with Gasteiger partial charge in [0.15, 0.2) is 0 Å². The molecule has 0 aliphatic heterocycles. The van der Waals surface area contributed by atoms with Gasteiger partial charge in [-0.1, -0.05) is 9.34 Å². The normalized spacial score (nSPS) is 16.2. The molecular formula is C8H20O3S2. The lowest BCUT2D eigenvalue weighted by atomic mass is 10.4. The van der Waals surface area contributed by atoms with E-state index >= 15 is 0 Å². The maximum Gasteiger partial charge on any atom is 0.102 e. The quantitative estimate of drug-likeness (QED) is 0.536. The van der Waals surface area contributed by atoms with Gasteiger partial charge < -0.3 is 14.0 Å². The summed E-state index contributed by atoms with van der Waals surface area (Å²) in [5.74, 6) is 0. The standard InChI is InChI=1S/C8H20O3S2/c1-7(2)10-5-8(9)6-11-13(3,4)12/h7-9,12H,5-6H2,1-4H3. The van der Waals surface area contributed by atoms with Crippen molar-refractivity contribution >= 4 is 21.0 Å². The molecule has 3 nitrogen and oxygen atoms in total. The molecule has 0 amide bonds. The second-order valence-electron chi connectivity index (χ2n) is 3.50.